The number of alkyl halides is 2. The van der Waals surface area contributed by atoms with Crippen molar-refractivity contribution in [2.75, 3.05) is 11.1 Å². The summed E-state index contributed by atoms with van der Waals surface area (Å²) in [6.07, 6.45) is -2.41. The largest absolute Gasteiger partial charge is 0.586 e. The Labute approximate surface area is 116 Å². The van der Waals surface area contributed by atoms with Gasteiger partial charge in [-0.1, -0.05) is 17.7 Å². The lowest BCUT2D eigenvalue weighted by molar-refractivity contribution is -0.286. The van der Waals surface area contributed by atoms with Crippen LogP contribution in [0.15, 0.2) is 24.4 Å². The molecule has 0 fully saturated rings. The summed E-state index contributed by atoms with van der Waals surface area (Å²) in [6.45, 7) is 0. The van der Waals surface area contributed by atoms with Gasteiger partial charge in [0.15, 0.2) is 17.3 Å². The lowest BCUT2D eigenvalue weighted by Crippen LogP contribution is -2.26. The van der Waals surface area contributed by atoms with Crippen LogP contribution in [0.4, 0.5) is 26.2 Å². The minimum atomic E-state index is -3.70. The minimum Gasteiger partial charge on any atom is -0.395 e. The van der Waals surface area contributed by atoms with Gasteiger partial charge in [0.25, 0.3) is 0 Å². The third-order valence-electron chi connectivity index (χ3n) is 2.44. The monoisotopic (exact) mass is 300 g/mol. The number of ether oxygens (including phenoxy) is 2. The second-order valence-corrected chi connectivity index (χ2v) is 4.26. The molecular formula is C11H7ClF2N4O2. The van der Waals surface area contributed by atoms with E-state index >= 15 is 0 Å². The molecule has 0 bridgehead atoms. The third kappa shape index (κ3) is 2.25. The summed E-state index contributed by atoms with van der Waals surface area (Å²) in [5.41, 5.74) is 5.66. The van der Waals surface area contributed by atoms with Gasteiger partial charge in [0.1, 0.15) is 5.02 Å². The lowest BCUT2D eigenvalue weighted by atomic mass is 10.2. The Bertz CT molecular complexity index is 683. The molecule has 2 heterocycles. The number of nitrogens with two attached hydrogens (primary N) is 1. The van der Waals surface area contributed by atoms with Gasteiger partial charge in [-0.2, -0.15) is 4.98 Å². The topological polar surface area (TPSA) is 82.3 Å². The Morgan fingerprint density at radius 2 is 2.10 bits per heavy atom. The molecule has 0 unspecified atom stereocenters. The van der Waals surface area contributed by atoms with Gasteiger partial charge in [0, 0.05) is 0 Å². The van der Waals surface area contributed by atoms with Crippen LogP contribution in [0.1, 0.15) is 0 Å². The van der Waals surface area contributed by atoms with Crippen molar-refractivity contribution >= 4 is 29.1 Å². The van der Waals surface area contributed by atoms with Crippen molar-refractivity contribution in [2.45, 2.75) is 6.29 Å². The summed E-state index contributed by atoms with van der Waals surface area (Å²) in [7, 11) is 0. The number of hydrogen-bond acceptors (Lipinski definition) is 6. The van der Waals surface area contributed by atoms with Crippen LogP contribution < -0.4 is 20.5 Å². The minimum absolute atomic E-state index is 0.00743. The Kier molecular flexibility index (Phi) is 2.75. The van der Waals surface area contributed by atoms with Gasteiger partial charge < -0.3 is 20.5 Å². The number of anilines is 3. The van der Waals surface area contributed by atoms with E-state index in [2.05, 4.69) is 24.8 Å². The summed E-state index contributed by atoms with van der Waals surface area (Å²) in [4.78, 5) is 7.56. The van der Waals surface area contributed by atoms with Crippen LogP contribution in [0.5, 0.6) is 11.5 Å². The number of halogens is 3. The first kappa shape index (κ1) is 12.7. The first-order chi connectivity index (χ1) is 9.44. The predicted molar refractivity (Wildman–Crippen MR) is 67.4 cm³/mol. The van der Waals surface area contributed by atoms with Gasteiger partial charge in [-0.25, -0.2) is 4.98 Å². The number of rotatable bonds is 2. The van der Waals surface area contributed by atoms with Crippen LogP contribution in [0.3, 0.4) is 0 Å². The van der Waals surface area contributed by atoms with Crippen LogP contribution in [-0.4, -0.2) is 16.3 Å². The Hall–Kier alpha value is -2.35. The first-order valence-corrected chi connectivity index (χ1v) is 5.76. The van der Waals surface area contributed by atoms with Crippen molar-refractivity contribution in [3.05, 3.63) is 29.4 Å². The number of para-hydroxylation sites is 1. The number of nitrogen functional groups attached to an aromatic ring is 1. The average molecular weight is 301 g/mol. The van der Waals surface area contributed by atoms with Gasteiger partial charge >= 0.3 is 6.29 Å². The van der Waals surface area contributed by atoms with Crippen molar-refractivity contribution in [2.24, 2.45) is 0 Å². The van der Waals surface area contributed by atoms with E-state index in [1.807, 2.05) is 0 Å². The van der Waals surface area contributed by atoms with E-state index in [4.69, 9.17) is 17.3 Å². The van der Waals surface area contributed by atoms with Crippen molar-refractivity contribution in [3.63, 3.8) is 0 Å². The fraction of sp³-hybridized carbons (Fsp3) is 0.0909. The maximum Gasteiger partial charge on any atom is 0.586 e. The SMILES string of the molecule is Nc1ncc(Cl)c(Nc2cccc3c2OC(F)(F)O3)n1. The van der Waals surface area contributed by atoms with Crippen molar-refractivity contribution in [1.29, 1.82) is 0 Å². The summed E-state index contributed by atoms with van der Waals surface area (Å²) < 4.78 is 34.9. The fourth-order valence-electron chi connectivity index (χ4n) is 1.66. The quantitative estimate of drug-likeness (QED) is 0.887. The third-order valence-corrected chi connectivity index (χ3v) is 2.72. The van der Waals surface area contributed by atoms with Crippen molar-refractivity contribution < 1.29 is 18.3 Å². The molecule has 0 atom stereocenters. The van der Waals surface area contributed by atoms with Crippen LogP contribution in [0.2, 0.25) is 5.02 Å². The van der Waals surface area contributed by atoms with Crippen LogP contribution in [-0.2, 0) is 0 Å². The molecule has 104 valence electrons. The lowest BCUT2D eigenvalue weighted by Gasteiger charge is -2.10. The van der Waals surface area contributed by atoms with Crippen LogP contribution in [0.25, 0.3) is 0 Å². The predicted octanol–water partition coefficient (Wildman–Crippen LogP) is 2.78. The number of hydrogen-bond donors (Lipinski definition) is 2. The molecule has 20 heavy (non-hydrogen) atoms. The average Bonchev–Trinajstić information content (AvgIpc) is 2.69. The highest BCUT2D eigenvalue weighted by atomic mass is 35.5. The number of benzene rings is 1. The Morgan fingerprint density at radius 1 is 1.30 bits per heavy atom. The normalized spacial score (nSPS) is 15.2. The van der Waals surface area contributed by atoms with Gasteiger partial charge in [-0.3, -0.25) is 0 Å². The second-order valence-electron chi connectivity index (χ2n) is 3.85. The molecule has 6 nitrogen and oxygen atoms in total. The molecule has 1 aromatic heterocycles. The molecule has 0 spiro atoms. The van der Waals surface area contributed by atoms with E-state index in [0.29, 0.717) is 0 Å². The standard InChI is InChI=1S/C11H7ClF2N4O2/c12-5-4-16-10(15)18-9(5)17-6-2-1-3-7-8(6)20-11(13,14)19-7/h1-4H,(H3,15,16,17,18). The number of nitrogens with one attached hydrogen (secondary N) is 1. The molecule has 1 aliphatic heterocycles. The zero-order valence-electron chi connectivity index (χ0n) is 9.73. The Balaban J connectivity index is 1.97. The van der Waals surface area contributed by atoms with E-state index in [1.54, 1.807) is 0 Å². The highest BCUT2D eigenvalue weighted by Gasteiger charge is 2.44. The van der Waals surface area contributed by atoms with E-state index in [-0.39, 0.29) is 34.0 Å². The number of nitrogens with zero attached hydrogens (tertiary/aromatic N) is 2. The molecule has 0 aliphatic carbocycles. The molecule has 1 aromatic carbocycles. The zero-order valence-corrected chi connectivity index (χ0v) is 10.5. The molecule has 3 rings (SSSR count). The van der Waals surface area contributed by atoms with E-state index in [1.165, 1.54) is 24.4 Å². The van der Waals surface area contributed by atoms with Gasteiger partial charge in [0.2, 0.25) is 5.95 Å². The number of fused-ring (bicyclic) bond motifs is 1. The van der Waals surface area contributed by atoms with Crippen LogP contribution in [0, 0.1) is 0 Å². The van der Waals surface area contributed by atoms with Crippen molar-refractivity contribution in [1.82, 2.24) is 9.97 Å². The molecule has 2 aromatic rings. The molecule has 0 radical (unpaired) electrons. The molecule has 3 N–H and O–H groups in total. The summed E-state index contributed by atoms with van der Waals surface area (Å²) >= 11 is 5.89. The summed E-state index contributed by atoms with van der Waals surface area (Å²) in [6, 6.07) is 4.39. The summed E-state index contributed by atoms with van der Waals surface area (Å²) in [5.74, 6) is -0.0535. The second kappa shape index (κ2) is 4.34. The van der Waals surface area contributed by atoms with E-state index in [9.17, 15) is 8.78 Å². The summed E-state index contributed by atoms with van der Waals surface area (Å²) in [5, 5.41) is 2.93. The highest BCUT2D eigenvalue weighted by molar-refractivity contribution is 6.32. The molecule has 0 saturated carbocycles. The maximum absolute atomic E-state index is 13.1. The zero-order chi connectivity index (χ0) is 14.3. The smallest absolute Gasteiger partial charge is 0.395 e. The Morgan fingerprint density at radius 3 is 2.90 bits per heavy atom. The molecule has 1 aliphatic rings. The van der Waals surface area contributed by atoms with Gasteiger partial charge in [-0.05, 0) is 12.1 Å². The molecule has 0 amide bonds. The maximum atomic E-state index is 13.1. The van der Waals surface area contributed by atoms with Gasteiger partial charge in [-0.15, -0.1) is 8.78 Å². The van der Waals surface area contributed by atoms with E-state index < -0.39 is 6.29 Å². The van der Waals surface area contributed by atoms with Crippen molar-refractivity contribution in [3.8, 4) is 11.5 Å². The molecule has 0 saturated heterocycles. The highest BCUT2D eigenvalue weighted by Crippen LogP contribution is 2.46. The van der Waals surface area contributed by atoms with Gasteiger partial charge in [0.05, 0.1) is 11.9 Å². The van der Waals surface area contributed by atoms with Crippen LogP contribution >= 0.6 is 11.6 Å². The molecular weight excluding hydrogens is 294 g/mol. The number of aromatic nitrogens is 2. The fourth-order valence-corrected chi connectivity index (χ4v) is 1.80. The first-order valence-electron chi connectivity index (χ1n) is 5.38. The molecule has 9 heteroatoms. The van der Waals surface area contributed by atoms with E-state index in [0.717, 1.165) is 0 Å².